The van der Waals surface area contributed by atoms with Crippen molar-refractivity contribution in [3.8, 4) is 0 Å². The van der Waals surface area contributed by atoms with Gasteiger partial charge in [0, 0.05) is 5.02 Å². The monoisotopic (exact) mass is 388 g/mol. The molecule has 1 aromatic carbocycles. The van der Waals surface area contributed by atoms with Crippen LogP contribution >= 0.6 is 22.9 Å². The highest BCUT2D eigenvalue weighted by Gasteiger charge is 2.18. The van der Waals surface area contributed by atoms with Crippen LogP contribution in [0.4, 0.5) is 5.00 Å². The zero-order valence-electron chi connectivity index (χ0n) is 14.2. The maximum absolute atomic E-state index is 12.6. The minimum atomic E-state index is -0.349. The van der Waals surface area contributed by atoms with Gasteiger partial charge in [0.2, 0.25) is 0 Å². The van der Waals surface area contributed by atoms with Crippen LogP contribution in [-0.2, 0) is 0 Å². The van der Waals surface area contributed by atoms with Gasteiger partial charge in [0.1, 0.15) is 0 Å². The lowest BCUT2D eigenvalue weighted by molar-refractivity contribution is 0.0942. The fourth-order valence-corrected chi connectivity index (χ4v) is 3.54. The normalized spacial score (nSPS) is 11.8. The van der Waals surface area contributed by atoms with Crippen LogP contribution < -0.4 is 10.6 Å². The molecule has 0 bridgehead atoms. The van der Waals surface area contributed by atoms with Crippen molar-refractivity contribution in [3.05, 3.63) is 75.5 Å². The molecule has 2 aromatic heterocycles. The van der Waals surface area contributed by atoms with E-state index >= 15 is 0 Å². The molecule has 0 aliphatic heterocycles. The first-order valence-corrected chi connectivity index (χ1v) is 9.15. The molecule has 3 aromatic rings. The number of hydrogen-bond donors (Lipinski definition) is 2. The van der Waals surface area contributed by atoms with Crippen molar-refractivity contribution >= 4 is 39.8 Å². The van der Waals surface area contributed by atoms with Gasteiger partial charge in [-0.2, -0.15) is 0 Å². The minimum absolute atomic E-state index is 0.164. The number of rotatable bonds is 5. The number of aryl methyl sites for hydroxylation is 1. The van der Waals surface area contributed by atoms with Gasteiger partial charge in [-0.1, -0.05) is 23.7 Å². The Bertz CT molecular complexity index is 917. The van der Waals surface area contributed by atoms with Gasteiger partial charge in [0.25, 0.3) is 11.8 Å². The average molecular weight is 389 g/mol. The third kappa shape index (κ3) is 4.15. The molecule has 3 rings (SSSR count). The topological polar surface area (TPSA) is 71.3 Å². The van der Waals surface area contributed by atoms with Crippen LogP contribution in [0.25, 0.3) is 0 Å². The van der Waals surface area contributed by atoms with Crippen molar-refractivity contribution in [2.24, 2.45) is 0 Å². The summed E-state index contributed by atoms with van der Waals surface area (Å²) < 4.78 is 5.07. The molecule has 0 radical (unpaired) electrons. The Balaban J connectivity index is 1.68. The van der Waals surface area contributed by atoms with Gasteiger partial charge in [-0.25, -0.2) is 0 Å². The minimum Gasteiger partial charge on any atom is -0.459 e. The lowest BCUT2D eigenvalue weighted by Crippen LogP contribution is -2.26. The molecule has 5 nitrogen and oxygen atoms in total. The molecule has 134 valence electrons. The molecule has 7 heteroatoms. The van der Waals surface area contributed by atoms with Crippen molar-refractivity contribution in [3.63, 3.8) is 0 Å². The Morgan fingerprint density at radius 3 is 2.54 bits per heavy atom. The smallest absolute Gasteiger partial charge is 0.291 e. The number of carbonyl (C=O) groups excluding carboxylic acids is 2. The maximum atomic E-state index is 12.6. The van der Waals surface area contributed by atoms with Crippen molar-refractivity contribution in [2.75, 3.05) is 5.32 Å². The van der Waals surface area contributed by atoms with E-state index in [2.05, 4.69) is 10.6 Å². The summed E-state index contributed by atoms with van der Waals surface area (Å²) in [5, 5.41) is 6.95. The highest BCUT2D eigenvalue weighted by molar-refractivity contribution is 7.18. The summed E-state index contributed by atoms with van der Waals surface area (Å²) in [6.07, 6.45) is 1.44. The zero-order valence-corrected chi connectivity index (χ0v) is 15.8. The van der Waals surface area contributed by atoms with Crippen LogP contribution in [0, 0.1) is 6.92 Å². The Morgan fingerprint density at radius 1 is 1.15 bits per heavy atom. The summed E-state index contributed by atoms with van der Waals surface area (Å²) in [6, 6.07) is 12.2. The maximum Gasteiger partial charge on any atom is 0.291 e. The second-order valence-corrected chi connectivity index (χ2v) is 7.29. The van der Waals surface area contributed by atoms with Gasteiger partial charge < -0.3 is 15.1 Å². The van der Waals surface area contributed by atoms with Crippen molar-refractivity contribution in [1.82, 2.24) is 5.32 Å². The van der Waals surface area contributed by atoms with E-state index in [1.165, 1.54) is 17.6 Å². The molecule has 2 amide bonds. The number of benzene rings is 1. The van der Waals surface area contributed by atoms with Crippen LogP contribution in [-0.4, -0.2) is 11.8 Å². The van der Waals surface area contributed by atoms with Gasteiger partial charge in [-0.3, -0.25) is 9.59 Å². The Hall–Kier alpha value is -2.57. The van der Waals surface area contributed by atoms with Gasteiger partial charge in [-0.15, -0.1) is 11.3 Å². The number of amides is 2. The predicted molar refractivity (Wildman–Crippen MR) is 103 cm³/mol. The molecule has 2 N–H and O–H groups in total. The molecule has 0 fully saturated rings. The van der Waals surface area contributed by atoms with Crippen LogP contribution in [0.5, 0.6) is 0 Å². The third-order valence-corrected chi connectivity index (χ3v) is 5.23. The lowest BCUT2D eigenvalue weighted by Gasteiger charge is -2.14. The molecule has 2 heterocycles. The van der Waals surface area contributed by atoms with E-state index in [1.54, 1.807) is 30.3 Å². The van der Waals surface area contributed by atoms with Gasteiger partial charge in [-0.05, 0) is 55.3 Å². The molecule has 0 saturated carbocycles. The first kappa shape index (κ1) is 18.2. The van der Waals surface area contributed by atoms with Gasteiger partial charge in [0.15, 0.2) is 5.76 Å². The van der Waals surface area contributed by atoms with Crippen molar-refractivity contribution in [1.29, 1.82) is 0 Å². The number of carbonyl (C=O) groups is 2. The first-order valence-electron chi connectivity index (χ1n) is 7.95. The molecule has 26 heavy (non-hydrogen) atoms. The van der Waals surface area contributed by atoms with E-state index in [-0.39, 0.29) is 23.6 Å². The number of hydrogen-bond acceptors (Lipinski definition) is 4. The molecule has 1 atom stereocenters. The molecule has 0 aliphatic carbocycles. The Kier molecular flexibility index (Phi) is 5.44. The van der Waals surface area contributed by atoms with Crippen LogP contribution in [0.1, 0.15) is 44.3 Å². The summed E-state index contributed by atoms with van der Waals surface area (Å²) in [6.45, 7) is 3.74. The summed E-state index contributed by atoms with van der Waals surface area (Å²) in [5.74, 6) is -0.315. The summed E-state index contributed by atoms with van der Waals surface area (Å²) in [4.78, 5) is 25.2. The molecule has 0 spiro atoms. The standard InChI is InChI=1S/C19H17ClN2O3S/c1-11-10-16(22-18(23)15-4-3-9-25-15)26-17(11)19(24)21-12(2)13-5-7-14(20)8-6-13/h3-10,12H,1-2H3,(H,21,24)(H,22,23)/t12-/m0/s1. The molecule has 0 aliphatic rings. The first-order chi connectivity index (χ1) is 12.4. The number of thiophene rings is 1. The molecule has 0 saturated heterocycles. The SMILES string of the molecule is Cc1cc(NC(=O)c2ccco2)sc1C(=O)N[C@@H](C)c1ccc(Cl)cc1. The number of nitrogens with one attached hydrogen (secondary N) is 2. The van der Waals surface area contributed by atoms with Crippen LogP contribution in [0.2, 0.25) is 5.02 Å². The predicted octanol–water partition coefficient (Wildman–Crippen LogP) is 5.05. The van der Waals surface area contributed by atoms with Gasteiger partial charge in [0.05, 0.1) is 22.2 Å². The largest absolute Gasteiger partial charge is 0.459 e. The number of furan rings is 1. The second-order valence-electron chi connectivity index (χ2n) is 5.80. The van der Waals surface area contributed by atoms with Crippen LogP contribution in [0.3, 0.4) is 0 Å². The van der Waals surface area contributed by atoms with E-state index in [4.69, 9.17) is 16.0 Å². The molecular formula is C19H17ClN2O3S. The second kappa shape index (κ2) is 7.76. The number of halogens is 1. The number of anilines is 1. The van der Waals surface area contributed by atoms with Gasteiger partial charge >= 0.3 is 0 Å². The fourth-order valence-electron chi connectivity index (χ4n) is 2.45. The third-order valence-electron chi connectivity index (χ3n) is 3.82. The fraction of sp³-hybridized carbons (Fsp3) is 0.158. The summed E-state index contributed by atoms with van der Waals surface area (Å²) in [5.41, 5.74) is 1.76. The highest BCUT2D eigenvalue weighted by atomic mass is 35.5. The highest BCUT2D eigenvalue weighted by Crippen LogP contribution is 2.28. The average Bonchev–Trinajstić information content (AvgIpc) is 3.25. The Labute approximate surface area is 160 Å². The van der Waals surface area contributed by atoms with Crippen molar-refractivity contribution < 1.29 is 14.0 Å². The Morgan fingerprint density at radius 2 is 1.88 bits per heavy atom. The molecule has 0 unspecified atom stereocenters. The summed E-state index contributed by atoms with van der Waals surface area (Å²) in [7, 11) is 0. The molecular weight excluding hydrogens is 372 g/mol. The summed E-state index contributed by atoms with van der Waals surface area (Å²) >= 11 is 7.12. The quantitative estimate of drug-likeness (QED) is 0.642. The van der Waals surface area contributed by atoms with Crippen molar-refractivity contribution in [2.45, 2.75) is 19.9 Å². The van der Waals surface area contributed by atoms with E-state index in [0.29, 0.717) is 14.9 Å². The lowest BCUT2D eigenvalue weighted by atomic mass is 10.1. The van der Waals surface area contributed by atoms with E-state index in [0.717, 1.165) is 11.1 Å². The zero-order chi connectivity index (χ0) is 18.7. The van der Waals surface area contributed by atoms with E-state index < -0.39 is 0 Å². The van der Waals surface area contributed by atoms with Crippen LogP contribution in [0.15, 0.2) is 53.1 Å². The van der Waals surface area contributed by atoms with E-state index in [9.17, 15) is 9.59 Å². The van der Waals surface area contributed by atoms with E-state index in [1.807, 2.05) is 26.0 Å².